The molecule has 0 aliphatic rings. The topological polar surface area (TPSA) is 97.5 Å². The zero-order valence-corrected chi connectivity index (χ0v) is 12.8. The van der Waals surface area contributed by atoms with Crippen molar-refractivity contribution >= 4 is 15.8 Å². The summed E-state index contributed by atoms with van der Waals surface area (Å²) in [5.41, 5.74) is -3.11. The lowest BCUT2D eigenvalue weighted by atomic mass is 10.1. The highest BCUT2D eigenvalue weighted by molar-refractivity contribution is 7.86. The van der Waals surface area contributed by atoms with Gasteiger partial charge in [-0.2, -0.15) is 21.6 Å². The van der Waals surface area contributed by atoms with Crippen LogP contribution in [0.2, 0.25) is 0 Å². The molecule has 0 aromatic heterocycles. The van der Waals surface area contributed by atoms with E-state index in [9.17, 15) is 23.3 Å². The van der Waals surface area contributed by atoms with E-state index >= 15 is 0 Å². The summed E-state index contributed by atoms with van der Waals surface area (Å²) in [6, 6.07) is 16.7. The van der Waals surface area contributed by atoms with Gasteiger partial charge in [0, 0.05) is 12.1 Å². The number of non-ortho nitro benzene ring substituents is 1. The third kappa shape index (κ3) is 6.34. The number of nitrogens with zero attached hydrogens (tertiary/aromatic N) is 1. The molecule has 2 aromatic carbocycles. The first-order valence-corrected chi connectivity index (χ1v) is 7.75. The summed E-state index contributed by atoms with van der Waals surface area (Å²) in [5, 5.41) is 10.5. The third-order valence-corrected chi connectivity index (χ3v) is 3.28. The average molecular weight is 363 g/mol. The molecule has 0 bridgehead atoms. The fraction of sp³-hybridized carbons (Fsp3) is 0.143. The zero-order chi connectivity index (χ0) is 18.4. The van der Waals surface area contributed by atoms with Crippen LogP contribution in [0.3, 0.4) is 0 Å². The molecule has 0 aliphatic carbocycles. The van der Waals surface area contributed by atoms with Gasteiger partial charge in [0.2, 0.25) is 0 Å². The second kappa shape index (κ2) is 7.88. The van der Waals surface area contributed by atoms with E-state index < -0.39 is 15.6 Å². The van der Waals surface area contributed by atoms with E-state index in [-0.39, 0.29) is 10.6 Å². The van der Waals surface area contributed by atoms with Crippen molar-refractivity contribution in [3.05, 3.63) is 75.8 Å². The van der Waals surface area contributed by atoms with Gasteiger partial charge in [-0.1, -0.05) is 42.5 Å². The number of benzene rings is 2. The van der Waals surface area contributed by atoms with Crippen LogP contribution in [0, 0.1) is 10.1 Å². The minimum absolute atomic E-state index is 0.136. The number of halogens is 3. The summed E-state index contributed by atoms with van der Waals surface area (Å²) in [7, 11) is -5.84. The Labute approximate surface area is 135 Å². The Morgan fingerprint density at radius 2 is 1.38 bits per heavy atom. The lowest BCUT2D eigenvalue weighted by Crippen LogP contribution is -2.21. The molecule has 0 saturated heterocycles. The van der Waals surface area contributed by atoms with Crippen LogP contribution < -0.4 is 0 Å². The van der Waals surface area contributed by atoms with Crippen molar-refractivity contribution in [1.29, 1.82) is 0 Å². The average Bonchev–Trinajstić information content (AvgIpc) is 2.47. The van der Waals surface area contributed by atoms with E-state index in [1.807, 2.05) is 30.3 Å². The van der Waals surface area contributed by atoms with Crippen LogP contribution in [0.4, 0.5) is 18.9 Å². The molecule has 130 valence electrons. The highest BCUT2D eigenvalue weighted by atomic mass is 32.2. The van der Waals surface area contributed by atoms with Crippen LogP contribution in [-0.2, 0) is 16.5 Å². The van der Waals surface area contributed by atoms with Gasteiger partial charge in [-0.25, -0.2) is 0 Å². The molecule has 10 heteroatoms. The fourth-order valence-corrected chi connectivity index (χ4v) is 1.57. The smallest absolute Gasteiger partial charge is 0.279 e. The molecule has 0 heterocycles. The molecule has 24 heavy (non-hydrogen) atoms. The maximum absolute atomic E-state index is 10.7. The Kier molecular flexibility index (Phi) is 6.43. The maximum atomic E-state index is 10.7. The predicted octanol–water partition coefficient (Wildman–Crippen LogP) is 3.58. The molecule has 0 amide bonds. The van der Waals surface area contributed by atoms with Crippen LogP contribution in [0.5, 0.6) is 0 Å². The standard InChI is InChI=1S/C13H11NO2.CHF3O3S/c15-14(16)13-8-6-12(7-9-13)10-11-4-2-1-3-5-11;2-1(3,4)8(5,6)7/h1-9H,10H2;(H,5,6,7). The van der Waals surface area contributed by atoms with Crippen LogP contribution in [0.1, 0.15) is 11.1 Å². The van der Waals surface area contributed by atoms with Gasteiger partial charge in [0.05, 0.1) is 4.92 Å². The minimum Gasteiger partial charge on any atom is -0.279 e. The van der Waals surface area contributed by atoms with Crippen molar-refractivity contribution in [1.82, 2.24) is 0 Å². The van der Waals surface area contributed by atoms with E-state index in [0.717, 1.165) is 12.0 Å². The van der Waals surface area contributed by atoms with Crippen molar-refractivity contribution in [2.75, 3.05) is 0 Å². The molecule has 2 rings (SSSR count). The second-order valence-corrected chi connectivity index (χ2v) is 5.92. The summed E-state index contributed by atoms with van der Waals surface area (Å²) in [6.07, 6.45) is 0.804. The molecule has 0 saturated carbocycles. The van der Waals surface area contributed by atoms with Gasteiger partial charge < -0.3 is 0 Å². The van der Waals surface area contributed by atoms with Crippen molar-refractivity contribution in [3.63, 3.8) is 0 Å². The molecule has 6 nitrogen and oxygen atoms in total. The number of nitro benzene ring substituents is 1. The lowest BCUT2D eigenvalue weighted by molar-refractivity contribution is -0.384. The number of nitro groups is 1. The first kappa shape index (κ1) is 19.6. The number of rotatable bonds is 3. The molecule has 0 fully saturated rings. The lowest BCUT2D eigenvalue weighted by Gasteiger charge is -2.00. The maximum Gasteiger partial charge on any atom is 0.522 e. The van der Waals surface area contributed by atoms with Crippen molar-refractivity contribution in [2.45, 2.75) is 11.9 Å². The molecule has 0 aliphatic heterocycles. The van der Waals surface area contributed by atoms with Gasteiger partial charge in [0.15, 0.2) is 0 Å². The van der Waals surface area contributed by atoms with E-state index in [4.69, 9.17) is 13.0 Å². The number of alkyl halides is 3. The van der Waals surface area contributed by atoms with Gasteiger partial charge in [-0.05, 0) is 17.5 Å². The third-order valence-electron chi connectivity index (χ3n) is 2.69. The minimum atomic E-state index is -5.84. The van der Waals surface area contributed by atoms with E-state index in [2.05, 4.69) is 0 Å². The number of hydrogen-bond acceptors (Lipinski definition) is 4. The SMILES string of the molecule is O=S(=O)(O)C(F)(F)F.O=[N+]([O-])c1ccc(Cc2ccccc2)cc1. The molecule has 0 radical (unpaired) electrons. The van der Waals surface area contributed by atoms with Gasteiger partial charge >= 0.3 is 15.6 Å². The quantitative estimate of drug-likeness (QED) is 0.389. The van der Waals surface area contributed by atoms with Crippen molar-refractivity contribution < 1.29 is 31.1 Å². The van der Waals surface area contributed by atoms with Crippen LogP contribution in [-0.4, -0.2) is 23.4 Å². The molecule has 0 atom stereocenters. The van der Waals surface area contributed by atoms with Gasteiger partial charge in [0.1, 0.15) is 0 Å². The first-order chi connectivity index (χ1) is 11.0. The summed E-state index contributed by atoms with van der Waals surface area (Å²) >= 11 is 0. The Hall–Kier alpha value is -2.46. The summed E-state index contributed by atoms with van der Waals surface area (Å²) in [4.78, 5) is 10.1. The summed E-state index contributed by atoms with van der Waals surface area (Å²) in [6.45, 7) is 0. The van der Waals surface area contributed by atoms with Crippen molar-refractivity contribution in [2.24, 2.45) is 0 Å². The zero-order valence-electron chi connectivity index (χ0n) is 12.0. The molecule has 0 spiro atoms. The summed E-state index contributed by atoms with van der Waals surface area (Å²) in [5.74, 6) is 0. The molecule has 1 N–H and O–H groups in total. The Balaban J connectivity index is 0.000000307. The van der Waals surface area contributed by atoms with Crippen LogP contribution in [0.25, 0.3) is 0 Å². The molecular formula is C14H12F3NO5S. The van der Waals surface area contributed by atoms with Gasteiger partial charge in [-0.15, -0.1) is 0 Å². The number of hydrogen-bond donors (Lipinski definition) is 1. The molecular weight excluding hydrogens is 351 g/mol. The van der Waals surface area contributed by atoms with Crippen molar-refractivity contribution in [3.8, 4) is 0 Å². The largest absolute Gasteiger partial charge is 0.522 e. The Morgan fingerprint density at radius 1 is 0.958 bits per heavy atom. The van der Waals surface area contributed by atoms with Crippen LogP contribution in [0.15, 0.2) is 54.6 Å². The first-order valence-electron chi connectivity index (χ1n) is 6.31. The summed E-state index contributed by atoms with van der Waals surface area (Å²) < 4.78 is 57.5. The highest BCUT2D eigenvalue weighted by Gasteiger charge is 2.44. The second-order valence-electron chi connectivity index (χ2n) is 4.51. The van der Waals surface area contributed by atoms with Crippen LogP contribution >= 0.6 is 0 Å². The van der Waals surface area contributed by atoms with E-state index in [1.165, 1.54) is 17.7 Å². The van der Waals surface area contributed by atoms with Gasteiger partial charge in [-0.3, -0.25) is 14.7 Å². The Morgan fingerprint density at radius 3 is 1.75 bits per heavy atom. The Bertz CT molecular complexity index is 774. The highest BCUT2D eigenvalue weighted by Crippen LogP contribution is 2.20. The molecule has 2 aromatic rings. The monoisotopic (exact) mass is 363 g/mol. The fourth-order valence-electron chi connectivity index (χ4n) is 1.57. The predicted molar refractivity (Wildman–Crippen MR) is 79.9 cm³/mol. The van der Waals surface area contributed by atoms with E-state index in [0.29, 0.717) is 0 Å². The van der Waals surface area contributed by atoms with Gasteiger partial charge in [0.25, 0.3) is 5.69 Å². The molecule has 0 unspecified atom stereocenters. The van der Waals surface area contributed by atoms with E-state index in [1.54, 1.807) is 12.1 Å². The normalized spacial score (nSPS) is 11.3.